The van der Waals surface area contributed by atoms with E-state index < -0.39 is 0 Å². The molecule has 0 radical (unpaired) electrons. The molecule has 0 unspecified atom stereocenters. The largest absolute Gasteiger partial charge is 0.326 e. The average Bonchev–Trinajstić information content (AvgIpc) is 2.36. The third kappa shape index (κ3) is 3.96. The summed E-state index contributed by atoms with van der Waals surface area (Å²) in [6.45, 7) is 1.56. The second-order valence-electron chi connectivity index (χ2n) is 3.29. The number of rotatable bonds is 5. The minimum absolute atomic E-state index is 0.0850. The predicted octanol–water partition coefficient (Wildman–Crippen LogP) is 2.53. The molecular formula is C11H12N4O2. The Morgan fingerprint density at radius 1 is 1.35 bits per heavy atom. The lowest BCUT2D eigenvalue weighted by Gasteiger charge is -2.04. The Balaban J connectivity index is 2.70. The Morgan fingerprint density at radius 2 is 2.00 bits per heavy atom. The van der Waals surface area contributed by atoms with Gasteiger partial charge in [-0.25, -0.2) is 0 Å². The Kier molecular flexibility index (Phi) is 4.72. The fourth-order valence-electron chi connectivity index (χ4n) is 1.18. The highest BCUT2D eigenvalue weighted by Gasteiger charge is 2.04. The van der Waals surface area contributed by atoms with Gasteiger partial charge in [-0.05, 0) is 29.8 Å². The van der Waals surface area contributed by atoms with E-state index in [1.807, 2.05) is 0 Å². The standard InChI is InChI=1S/C11H12N4O2/c1-2-11(17)14-9-5-3-8(4-6-9)10(16)7-13-15-12/h3-6H,2,7H2,1H3,(H,14,17). The van der Waals surface area contributed by atoms with Crippen molar-refractivity contribution in [3.63, 3.8) is 0 Å². The molecule has 1 aromatic carbocycles. The molecule has 1 amide bonds. The fourth-order valence-corrected chi connectivity index (χ4v) is 1.18. The van der Waals surface area contributed by atoms with Crippen LogP contribution in [0.5, 0.6) is 0 Å². The summed E-state index contributed by atoms with van der Waals surface area (Å²) in [6, 6.07) is 6.44. The third-order valence-corrected chi connectivity index (χ3v) is 2.09. The molecule has 0 fully saturated rings. The van der Waals surface area contributed by atoms with Gasteiger partial charge in [0.1, 0.15) is 0 Å². The number of anilines is 1. The van der Waals surface area contributed by atoms with E-state index >= 15 is 0 Å². The van der Waals surface area contributed by atoms with E-state index in [0.717, 1.165) is 0 Å². The van der Waals surface area contributed by atoms with Gasteiger partial charge in [0.15, 0.2) is 5.78 Å². The zero-order valence-corrected chi connectivity index (χ0v) is 9.38. The fraction of sp³-hybridized carbons (Fsp3) is 0.273. The summed E-state index contributed by atoms with van der Waals surface area (Å²) in [5.74, 6) is -0.339. The van der Waals surface area contributed by atoms with Crippen LogP contribution < -0.4 is 5.32 Å². The maximum Gasteiger partial charge on any atom is 0.224 e. The number of carbonyl (C=O) groups excluding carboxylic acids is 2. The summed E-state index contributed by atoms with van der Waals surface area (Å²) >= 11 is 0. The van der Waals surface area contributed by atoms with Gasteiger partial charge < -0.3 is 5.32 Å². The van der Waals surface area contributed by atoms with Gasteiger partial charge in [0.25, 0.3) is 0 Å². The molecule has 88 valence electrons. The summed E-state index contributed by atoms with van der Waals surface area (Å²) in [5, 5.41) is 5.86. The van der Waals surface area contributed by atoms with Crippen molar-refractivity contribution in [2.45, 2.75) is 13.3 Å². The van der Waals surface area contributed by atoms with Crippen molar-refractivity contribution in [3.05, 3.63) is 40.3 Å². The van der Waals surface area contributed by atoms with Crippen molar-refractivity contribution < 1.29 is 9.59 Å². The molecule has 0 aliphatic rings. The van der Waals surface area contributed by atoms with Crippen LogP contribution in [0.3, 0.4) is 0 Å². The van der Waals surface area contributed by atoms with Crippen LogP contribution in [-0.4, -0.2) is 18.2 Å². The van der Waals surface area contributed by atoms with E-state index in [2.05, 4.69) is 15.3 Å². The first-order valence-corrected chi connectivity index (χ1v) is 5.11. The molecule has 0 saturated heterocycles. The van der Waals surface area contributed by atoms with Crippen molar-refractivity contribution in [1.29, 1.82) is 0 Å². The normalized spacial score (nSPS) is 9.24. The first-order chi connectivity index (χ1) is 8.17. The molecule has 1 N–H and O–H groups in total. The summed E-state index contributed by atoms with van der Waals surface area (Å²) in [5.41, 5.74) is 9.18. The Labute approximate surface area is 98.3 Å². The van der Waals surface area contributed by atoms with Crippen LogP contribution in [0.2, 0.25) is 0 Å². The molecule has 0 atom stereocenters. The lowest BCUT2D eigenvalue weighted by Crippen LogP contribution is -2.09. The number of nitrogens with zero attached hydrogens (tertiary/aromatic N) is 3. The van der Waals surface area contributed by atoms with Crippen LogP contribution in [0.1, 0.15) is 23.7 Å². The molecule has 0 spiro atoms. The van der Waals surface area contributed by atoms with Gasteiger partial charge in [0.2, 0.25) is 5.91 Å². The number of azide groups is 1. The first-order valence-electron chi connectivity index (χ1n) is 5.11. The molecule has 1 rings (SSSR count). The number of Topliss-reactive ketones (excluding diaryl/α,β-unsaturated/α-hetero) is 1. The number of amides is 1. The smallest absolute Gasteiger partial charge is 0.224 e. The van der Waals surface area contributed by atoms with E-state index in [1.54, 1.807) is 31.2 Å². The number of hydrogen-bond acceptors (Lipinski definition) is 3. The van der Waals surface area contributed by atoms with E-state index in [4.69, 9.17) is 5.53 Å². The first kappa shape index (κ1) is 12.7. The molecule has 0 aliphatic carbocycles. The van der Waals surface area contributed by atoms with Crippen LogP contribution in [0.15, 0.2) is 29.4 Å². The Bertz CT molecular complexity index is 461. The highest BCUT2D eigenvalue weighted by Crippen LogP contribution is 2.10. The lowest BCUT2D eigenvalue weighted by molar-refractivity contribution is -0.115. The topological polar surface area (TPSA) is 94.9 Å². The minimum Gasteiger partial charge on any atom is -0.326 e. The van der Waals surface area contributed by atoms with E-state index in [-0.39, 0.29) is 18.2 Å². The van der Waals surface area contributed by atoms with E-state index in [1.165, 1.54) is 0 Å². The summed E-state index contributed by atoms with van der Waals surface area (Å²) in [6.07, 6.45) is 0.400. The molecule has 1 aromatic rings. The van der Waals surface area contributed by atoms with Gasteiger partial charge in [-0.2, -0.15) is 0 Å². The van der Waals surface area contributed by atoms with Crippen LogP contribution in [-0.2, 0) is 4.79 Å². The van der Waals surface area contributed by atoms with Crippen molar-refractivity contribution in [1.82, 2.24) is 0 Å². The van der Waals surface area contributed by atoms with Crippen molar-refractivity contribution >= 4 is 17.4 Å². The molecule has 0 aliphatic heterocycles. The maximum absolute atomic E-state index is 11.4. The maximum atomic E-state index is 11.4. The summed E-state index contributed by atoms with van der Waals surface area (Å²) < 4.78 is 0. The molecule has 0 heterocycles. The highest BCUT2D eigenvalue weighted by atomic mass is 16.1. The number of nitrogens with one attached hydrogen (secondary N) is 1. The Morgan fingerprint density at radius 3 is 2.53 bits per heavy atom. The number of carbonyl (C=O) groups is 2. The summed E-state index contributed by atoms with van der Waals surface area (Å²) in [4.78, 5) is 25.1. The van der Waals surface area contributed by atoms with Gasteiger partial charge in [-0.15, -0.1) is 0 Å². The van der Waals surface area contributed by atoms with Crippen molar-refractivity contribution in [3.8, 4) is 0 Å². The molecule has 0 bridgehead atoms. The van der Waals surface area contributed by atoms with Gasteiger partial charge in [0.05, 0.1) is 6.54 Å². The zero-order chi connectivity index (χ0) is 12.7. The monoisotopic (exact) mass is 232 g/mol. The molecule has 0 saturated carbocycles. The van der Waals surface area contributed by atoms with E-state index in [0.29, 0.717) is 17.7 Å². The molecule has 17 heavy (non-hydrogen) atoms. The van der Waals surface area contributed by atoms with Gasteiger partial charge in [0, 0.05) is 22.6 Å². The van der Waals surface area contributed by atoms with Crippen LogP contribution in [0.4, 0.5) is 5.69 Å². The van der Waals surface area contributed by atoms with Crippen molar-refractivity contribution in [2.75, 3.05) is 11.9 Å². The van der Waals surface area contributed by atoms with Crippen molar-refractivity contribution in [2.24, 2.45) is 5.11 Å². The van der Waals surface area contributed by atoms with Crippen LogP contribution in [0.25, 0.3) is 10.4 Å². The number of hydrogen-bond donors (Lipinski definition) is 1. The third-order valence-electron chi connectivity index (χ3n) is 2.09. The van der Waals surface area contributed by atoms with Crippen LogP contribution >= 0.6 is 0 Å². The van der Waals surface area contributed by atoms with Gasteiger partial charge >= 0.3 is 0 Å². The quantitative estimate of drug-likeness (QED) is 0.365. The molecule has 0 aromatic heterocycles. The lowest BCUT2D eigenvalue weighted by atomic mass is 10.1. The van der Waals surface area contributed by atoms with Gasteiger partial charge in [-0.1, -0.05) is 12.0 Å². The number of ketones is 1. The summed E-state index contributed by atoms with van der Waals surface area (Å²) in [7, 11) is 0. The Hall–Kier alpha value is -2.33. The predicted molar refractivity (Wildman–Crippen MR) is 63.7 cm³/mol. The number of benzene rings is 1. The zero-order valence-electron chi connectivity index (χ0n) is 9.38. The minimum atomic E-state index is -0.254. The van der Waals surface area contributed by atoms with E-state index in [9.17, 15) is 9.59 Å². The van der Waals surface area contributed by atoms with Gasteiger partial charge in [-0.3, -0.25) is 9.59 Å². The highest BCUT2D eigenvalue weighted by molar-refractivity contribution is 5.98. The molecular weight excluding hydrogens is 220 g/mol. The van der Waals surface area contributed by atoms with Crippen LogP contribution in [0, 0.1) is 0 Å². The average molecular weight is 232 g/mol. The molecule has 6 nitrogen and oxygen atoms in total. The second-order valence-corrected chi connectivity index (χ2v) is 3.29. The SMILES string of the molecule is CCC(=O)Nc1ccc(C(=O)CN=[N+]=[N-])cc1. The second kappa shape index (κ2) is 6.30. The molecule has 6 heteroatoms.